The molecule has 0 saturated carbocycles. The molecule has 1 aromatic carbocycles. The summed E-state index contributed by atoms with van der Waals surface area (Å²) >= 11 is 0. The molecule has 1 saturated heterocycles. The molecule has 0 unspecified atom stereocenters. The van der Waals surface area contributed by atoms with Gasteiger partial charge in [-0.25, -0.2) is 9.97 Å². The van der Waals surface area contributed by atoms with Gasteiger partial charge in [-0.3, -0.25) is 4.79 Å². The lowest BCUT2D eigenvalue weighted by molar-refractivity contribution is 0.0575. The fraction of sp³-hybridized carbons (Fsp3) is 0.421. The lowest BCUT2D eigenvalue weighted by Gasteiger charge is -2.23. The highest BCUT2D eigenvalue weighted by Crippen LogP contribution is 2.25. The number of nitrogens with one attached hydrogen (secondary N) is 1. The molecular weight excluding hydrogens is 316 g/mol. The summed E-state index contributed by atoms with van der Waals surface area (Å²) in [5.41, 5.74) is 2.35. The number of carbonyl (C=O) groups is 1. The van der Waals surface area contributed by atoms with Gasteiger partial charge >= 0.3 is 0 Å². The highest BCUT2D eigenvalue weighted by atomic mass is 16.3. The summed E-state index contributed by atoms with van der Waals surface area (Å²) in [4.78, 5) is 22.8. The number of aryl methyl sites for hydroxylation is 2. The molecule has 0 radical (unpaired) electrons. The topological polar surface area (TPSA) is 78.4 Å². The average Bonchev–Trinajstić information content (AvgIpc) is 3.27. The zero-order chi connectivity index (χ0) is 17.3. The fourth-order valence-electron chi connectivity index (χ4n) is 3.69. The van der Waals surface area contributed by atoms with Gasteiger partial charge < -0.3 is 15.3 Å². The van der Waals surface area contributed by atoms with E-state index in [0.717, 1.165) is 19.3 Å². The van der Waals surface area contributed by atoms with Crippen LogP contribution in [0.3, 0.4) is 0 Å². The molecule has 1 atom stereocenters. The number of fused-ring (bicyclic) bond motifs is 1. The monoisotopic (exact) mass is 338 g/mol. The Hall–Kier alpha value is -2.47. The highest BCUT2D eigenvalue weighted by Gasteiger charge is 2.37. The van der Waals surface area contributed by atoms with E-state index in [9.17, 15) is 9.90 Å². The van der Waals surface area contributed by atoms with Crippen molar-refractivity contribution in [3.05, 3.63) is 53.3 Å². The number of aliphatic hydroxyl groups is 1. The van der Waals surface area contributed by atoms with Gasteiger partial charge in [0.2, 0.25) is 5.95 Å². The van der Waals surface area contributed by atoms with Crippen molar-refractivity contribution < 1.29 is 9.90 Å². The Bertz CT molecular complexity index is 780. The summed E-state index contributed by atoms with van der Waals surface area (Å²) < 4.78 is 0. The Morgan fingerprint density at radius 1 is 1.24 bits per heavy atom. The summed E-state index contributed by atoms with van der Waals surface area (Å²) in [7, 11) is 0. The largest absolute Gasteiger partial charge is 0.386 e. The van der Waals surface area contributed by atoms with Crippen LogP contribution in [0.1, 0.15) is 34.3 Å². The second-order valence-electron chi connectivity index (χ2n) is 6.96. The summed E-state index contributed by atoms with van der Waals surface area (Å²) in [5.74, 6) is 0.487. The van der Waals surface area contributed by atoms with E-state index in [4.69, 9.17) is 0 Å². The van der Waals surface area contributed by atoms with E-state index in [2.05, 4.69) is 21.4 Å². The van der Waals surface area contributed by atoms with Crippen LogP contribution in [-0.2, 0) is 12.8 Å². The lowest BCUT2D eigenvalue weighted by Crippen LogP contribution is -2.45. The molecule has 4 rings (SSSR count). The number of amides is 1. The molecule has 1 aromatic heterocycles. The molecule has 6 heteroatoms. The molecule has 2 aromatic rings. The van der Waals surface area contributed by atoms with Crippen LogP contribution >= 0.6 is 0 Å². The molecular formula is C19H22N4O2. The normalized spacial score (nSPS) is 22.0. The minimum atomic E-state index is -0.953. The summed E-state index contributed by atoms with van der Waals surface area (Å²) in [6, 6.07) is 7.68. The molecule has 2 heterocycles. The number of rotatable bonds is 4. The summed E-state index contributed by atoms with van der Waals surface area (Å²) in [6.07, 6.45) is 7.28. The first-order valence-corrected chi connectivity index (χ1v) is 8.77. The third-order valence-corrected chi connectivity index (χ3v) is 5.11. The Morgan fingerprint density at radius 3 is 2.88 bits per heavy atom. The van der Waals surface area contributed by atoms with Gasteiger partial charge in [-0.2, -0.15) is 0 Å². The van der Waals surface area contributed by atoms with E-state index < -0.39 is 5.60 Å². The van der Waals surface area contributed by atoms with Crippen molar-refractivity contribution >= 4 is 11.9 Å². The lowest BCUT2D eigenvalue weighted by atomic mass is 10.0. The van der Waals surface area contributed by atoms with E-state index in [1.165, 1.54) is 11.1 Å². The second kappa shape index (κ2) is 6.44. The van der Waals surface area contributed by atoms with Crippen LogP contribution in [0, 0.1) is 0 Å². The van der Waals surface area contributed by atoms with Crippen LogP contribution in [0.5, 0.6) is 0 Å². The van der Waals surface area contributed by atoms with Crippen molar-refractivity contribution in [3.8, 4) is 0 Å². The first kappa shape index (κ1) is 16.0. The van der Waals surface area contributed by atoms with Crippen LogP contribution in [0.15, 0.2) is 36.7 Å². The maximum Gasteiger partial charge on any atom is 0.251 e. The molecule has 0 bridgehead atoms. The maximum absolute atomic E-state index is 12.4. The van der Waals surface area contributed by atoms with Gasteiger partial charge in [-0.1, -0.05) is 6.07 Å². The first-order valence-electron chi connectivity index (χ1n) is 8.77. The third-order valence-electron chi connectivity index (χ3n) is 5.11. The van der Waals surface area contributed by atoms with Crippen LogP contribution in [0.25, 0.3) is 0 Å². The van der Waals surface area contributed by atoms with E-state index >= 15 is 0 Å². The number of β-amino-alcohol motifs (C(OH)–C–C–N with tert-alkyl or cyclic N) is 1. The standard InChI is InChI=1S/C19H22N4O2/c24-17(16-6-5-14-3-1-4-15(14)11-16)22-12-19(25)7-10-23(13-19)18-20-8-2-9-21-18/h2,5-6,8-9,11,25H,1,3-4,7,10,12-13H2,(H,22,24)/t19-/m1/s1. The third kappa shape index (κ3) is 3.35. The van der Waals surface area contributed by atoms with Crippen molar-refractivity contribution in [1.29, 1.82) is 0 Å². The van der Waals surface area contributed by atoms with E-state index in [-0.39, 0.29) is 12.5 Å². The first-order chi connectivity index (χ1) is 12.1. The molecule has 1 amide bonds. The minimum Gasteiger partial charge on any atom is -0.386 e. The Labute approximate surface area is 146 Å². The number of aromatic nitrogens is 2. The maximum atomic E-state index is 12.4. The molecule has 130 valence electrons. The van der Waals surface area contributed by atoms with Gasteiger partial charge in [-0.05, 0) is 55.0 Å². The van der Waals surface area contributed by atoms with Crippen molar-refractivity contribution in [2.24, 2.45) is 0 Å². The van der Waals surface area contributed by atoms with Gasteiger partial charge in [0, 0.05) is 31.0 Å². The predicted octanol–water partition coefficient (Wildman–Crippen LogP) is 1.34. The van der Waals surface area contributed by atoms with E-state index in [1.807, 2.05) is 17.0 Å². The van der Waals surface area contributed by atoms with E-state index in [1.54, 1.807) is 18.5 Å². The number of nitrogens with zero attached hydrogens (tertiary/aromatic N) is 3. The Kier molecular flexibility index (Phi) is 4.13. The molecule has 2 N–H and O–H groups in total. The fourth-order valence-corrected chi connectivity index (χ4v) is 3.69. The van der Waals surface area contributed by atoms with Gasteiger partial charge in [0.1, 0.15) is 5.60 Å². The van der Waals surface area contributed by atoms with Crippen molar-refractivity contribution in [2.45, 2.75) is 31.3 Å². The smallest absolute Gasteiger partial charge is 0.251 e. The van der Waals surface area contributed by atoms with Crippen LogP contribution in [0.4, 0.5) is 5.95 Å². The minimum absolute atomic E-state index is 0.127. The van der Waals surface area contributed by atoms with Gasteiger partial charge in [0.15, 0.2) is 0 Å². The Morgan fingerprint density at radius 2 is 2.04 bits per heavy atom. The average molecular weight is 338 g/mol. The van der Waals surface area contributed by atoms with Crippen molar-refractivity contribution in [1.82, 2.24) is 15.3 Å². The van der Waals surface area contributed by atoms with Crippen LogP contribution < -0.4 is 10.2 Å². The number of carbonyl (C=O) groups excluding carboxylic acids is 1. The van der Waals surface area contributed by atoms with Gasteiger partial charge in [0.05, 0.1) is 6.54 Å². The van der Waals surface area contributed by atoms with Crippen LogP contribution in [-0.4, -0.2) is 46.2 Å². The molecule has 0 spiro atoms. The number of benzene rings is 1. The van der Waals surface area contributed by atoms with Gasteiger partial charge in [-0.15, -0.1) is 0 Å². The molecule has 25 heavy (non-hydrogen) atoms. The summed E-state index contributed by atoms with van der Waals surface area (Å²) in [5, 5.41) is 13.6. The zero-order valence-electron chi connectivity index (χ0n) is 14.1. The molecule has 2 aliphatic rings. The zero-order valence-corrected chi connectivity index (χ0v) is 14.1. The van der Waals surface area contributed by atoms with Crippen molar-refractivity contribution in [3.63, 3.8) is 0 Å². The molecule has 6 nitrogen and oxygen atoms in total. The quantitative estimate of drug-likeness (QED) is 0.879. The number of hydrogen-bond acceptors (Lipinski definition) is 5. The predicted molar refractivity (Wildman–Crippen MR) is 94.6 cm³/mol. The number of hydrogen-bond donors (Lipinski definition) is 2. The SMILES string of the molecule is O=C(NC[C@]1(O)CCN(c2ncccn2)C1)c1ccc2c(c1)CCC2. The van der Waals surface area contributed by atoms with Crippen LogP contribution in [0.2, 0.25) is 0 Å². The summed E-state index contributed by atoms with van der Waals surface area (Å²) in [6.45, 7) is 1.32. The Balaban J connectivity index is 1.37. The molecule has 1 aliphatic heterocycles. The second-order valence-corrected chi connectivity index (χ2v) is 6.96. The van der Waals surface area contributed by atoms with E-state index in [0.29, 0.717) is 31.0 Å². The number of anilines is 1. The molecule has 1 aliphatic carbocycles. The highest BCUT2D eigenvalue weighted by molar-refractivity contribution is 5.94. The van der Waals surface area contributed by atoms with Gasteiger partial charge in [0.25, 0.3) is 5.91 Å². The molecule has 1 fully saturated rings. The van der Waals surface area contributed by atoms with Crippen molar-refractivity contribution in [2.75, 3.05) is 24.5 Å².